The fourth-order valence-corrected chi connectivity index (χ4v) is 3.60. The summed E-state index contributed by atoms with van der Waals surface area (Å²) in [5.74, 6) is 0.752. The number of urea groups is 1. The number of rotatable bonds is 9. The molecule has 1 aliphatic heterocycles. The van der Waals surface area contributed by atoms with E-state index in [9.17, 15) is 9.59 Å². The predicted molar refractivity (Wildman–Crippen MR) is 119 cm³/mol. The summed E-state index contributed by atoms with van der Waals surface area (Å²) in [4.78, 5) is 24.9. The van der Waals surface area contributed by atoms with Crippen LogP contribution in [-0.4, -0.2) is 33.3 Å². The van der Waals surface area contributed by atoms with Gasteiger partial charge in [-0.3, -0.25) is 0 Å². The molecule has 3 rings (SSSR count). The number of methoxy groups -OCH3 is 3. The highest BCUT2D eigenvalue weighted by atomic mass is 16.5. The Bertz CT molecular complexity index is 978. The molecule has 0 radical (unpaired) electrons. The largest absolute Gasteiger partial charge is 0.493 e. The molecule has 8 nitrogen and oxygen atoms in total. The van der Waals surface area contributed by atoms with Crippen molar-refractivity contribution in [2.45, 2.75) is 32.4 Å². The Morgan fingerprint density at radius 3 is 2.25 bits per heavy atom. The van der Waals surface area contributed by atoms with Crippen LogP contribution in [0.3, 0.4) is 0 Å². The van der Waals surface area contributed by atoms with Crippen LogP contribution in [0.15, 0.2) is 53.7 Å². The third-order valence-electron chi connectivity index (χ3n) is 5.10. The van der Waals surface area contributed by atoms with E-state index in [-0.39, 0.29) is 0 Å². The molecule has 0 aromatic heterocycles. The van der Waals surface area contributed by atoms with Gasteiger partial charge in [-0.05, 0) is 29.7 Å². The molecule has 8 heteroatoms. The van der Waals surface area contributed by atoms with Crippen molar-refractivity contribution < 1.29 is 28.5 Å². The average molecular weight is 440 g/mol. The topological polar surface area (TPSA) is 95.1 Å². The number of nitrogens with one attached hydrogen (secondary N) is 2. The van der Waals surface area contributed by atoms with Gasteiger partial charge >= 0.3 is 12.0 Å². The Balaban J connectivity index is 2.03. The van der Waals surface area contributed by atoms with Crippen LogP contribution >= 0.6 is 0 Å². The number of hydrogen-bond donors (Lipinski definition) is 2. The summed E-state index contributed by atoms with van der Waals surface area (Å²) in [6.45, 7) is 2.29. The van der Waals surface area contributed by atoms with Crippen molar-refractivity contribution in [3.8, 4) is 17.2 Å². The maximum atomic E-state index is 12.6. The summed E-state index contributed by atoms with van der Waals surface area (Å²) in [5, 5.41) is 5.54. The number of benzene rings is 2. The van der Waals surface area contributed by atoms with E-state index >= 15 is 0 Å². The molecule has 0 aliphatic carbocycles. The molecule has 0 saturated carbocycles. The van der Waals surface area contributed by atoms with E-state index in [0.29, 0.717) is 47.1 Å². The molecule has 0 spiro atoms. The summed E-state index contributed by atoms with van der Waals surface area (Å²) in [6.07, 6.45) is 1.28. The first-order valence-corrected chi connectivity index (χ1v) is 10.3. The molecule has 32 heavy (non-hydrogen) atoms. The van der Waals surface area contributed by atoms with Gasteiger partial charge in [0, 0.05) is 5.70 Å². The van der Waals surface area contributed by atoms with Gasteiger partial charge in [-0.25, -0.2) is 9.59 Å². The molecule has 170 valence electrons. The Morgan fingerprint density at radius 2 is 1.69 bits per heavy atom. The van der Waals surface area contributed by atoms with Crippen molar-refractivity contribution in [3.63, 3.8) is 0 Å². The smallest absolute Gasteiger partial charge is 0.337 e. The minimum absolute atomic E-state index is 0.324. The van der Waals surface area contributed by atoms with Crippen LogP contribution < -0.4 is 24.8 Å². The highest BCUT2D eigenvalue weighted by Crippen LogP contribution is 2.42. The molecule has 1 atom stereocenters. The molecule has 1 aliphatic rings. The van der Waals surface area contributed by atoms with Gasteiger partial charge in [0.05, 0.1) is 32.9 Å². The van der Waals surface area contributed by atoms with E-state index in [2.05, 4.69) is 10.6 Å². The summed E-state index contributed by atoms with van der Waals surface area (Å²) < 4.78 is 22.1. The van der Waals surface area contributed by atoms with Gasteiger partial charge in [0.2, 0.25) is 5.75 Å². The molecule has 2 aromatic rings. The van der Waals surface area contributed by atoms with Crippen LogP contribution in [0.5, 0.6) is 17.2 Å². The zero-order chi connectivity index (χ0) is 23.1. The third-order valence-corrected chi connectivity index (χ3v) is 5.10. The first-order valence-electron chi connectivity index (χ1n) is 10.3. The fourth-order valence-electron chi connectivity index (χ4n) is 3.60. The number of allylic oxidation sites excluding steroid dienone is 1. The van der Waals surface area contributed by atoms with Crippen molar-refractivity contribution in [2.75, 3.05) is 21.3 Å². The zero-order valence-corrected chi connectivity index (χ0v) is 18.7. The molecule has 0 fully saturated rings. The third kappa shape index (κ3) is 4.96. The monoisotopic (exact) mass is 440 g/mol. The highest BCUT2D eigenvalue weighted by Gasteiger charge is 2.34. The lowest BCUT2D eigenvalue weighted by atomic mass is 9.93. The molecular formula is C24H28N2O6. The summed E-state index contributed by atoms with van der Waals surface area (Å²) in [7, 11) is 4.36. The Hall–Kier alpha value is -3.68. The van der Waals surface area contributed by atoms with Crippen molar-refractivity contribution in [3.05, 3.63) is 64.9 Å². The second kappa shape index (κ2) is 10.6. The van der Waals surface area contributed by atoms with Crippen LogP contribution in [0.2, 0.25) is 0 Å². The molecule has 1 heterocycles. The van der Waals surface area contributed by atoms with Crippen LogP contribution in [0.25, 0.3) is 0 Å². The normalized spacial score (nSPS) is 15.5. The molecule has 2 amide bonds. The first kappa shape index (κ1) is 23.0. The van der Waals surface area contributed by atoms with Crippen LogP contribution in [-0.2, 0) is 16.1 Å². The minimum Gasteiger partial charge on any atom is -0.493 e. The van der Waals surface area contributed by atoms with Gasteiger partial charge in [-0.15, -0.1) is 0 Å². The average Bonchev–Trinajstić information content (AvgIpc) is 2.82. The van der Waals surface area contributed by atoms with Gasteiger partial charge in [0.15, 0.2) is 11.5 Å². The maximum absolute atomic E-state index is 12.6. The van der Waals surface area contributed by atoms with E-state index in [0.717, 1.165) is 12.0 Å². The predicted octanol–water partition coefficient (Wildman–Crippen LogP) is 3.86. The molecule has 1 unspecified atom stereocenters. The Morgan fingerprint density at radius 1 is 1.03 bits per heavy atom. The van der Waals surface area contributed by atoms with Crippen molar-refractivity contribution in [1.82, 2.24) is 10.6 Å². The standard InChI is InChI=1S/C24H28N2O6/c1-5-9-17-20(23(27)31-4)21(26-24(28)25-17)16-12-18(29-2)22(19(13-16)30-3)32-14-15-10-7-6-8-11-15/h6-8,10-13,21H,5,9,14H2,1-4H3,(H2,25,26,28). The quantitative estimate of drug-likeness (QED) is 0.575. The summed E-state index contributed by atoms with van der Waals surface area (Å²) in [5.41, 5.74) is 2.48. The molecule has 2 N–H and O–H groups in total. The Labute approximate surface area is 187 Å². The summed E-state index contributed by atoms with van der Waals surface area (Å²) >= 11 is 0. The molecular weight excluding hydrogens is 412 g/mol. The number of ether oxygens (including phenoxy) is 4. The van der Waals surface area contributed by atoms with E-state index in [1.165, 1.54) is 21.3 Å². The zero-order valence-electron chi connectivity index (χ0n) is 18.7. The van der Waals surface area contributed by atoms with Crippen molar-refractivity contribution in [2.24, 2.45) is 0 Å². The number of amides is 2. The lowest BCUT2D eigenvalue weighted by Gasteiger charge is -2.30. The van der Waals surface area contributed by atoms with Gasteiger partial charge in [0.25, 0.3) is 0 Å². The van der Waals surface area contributed by atoms with Gasteiger partial charge in [-0.1, -0.05) is 43.7 Å². The van der Waals surface area contributed by atoms with E-state index in [1.54, 1.807) is 12.1 Å². The SMILES string of the molecule is CCCC1=C(C(=O)OC)C(c2cc(OC)c(OCc3ccccc3)c(OC)c2)NC(=O)N1. The van der Waals surface area contributed by atoms with Gasteiger partial charge in [0.1, 0.15) is 6.61 Å². The van der Waals surface area contributed by atoms with Gasteiger partial charge < -0.3 is 29.6 Å². The van der Waals surface area contributed by atoms with E-state index in [4.69, 9.17) is 18.9 Å². The molecule has 0 saturated heterocycles. The van der Waals surface area contributed by atoms with Crippen molar-refractivity contribution in [1.29, 1.82) is 0 Å². The number of carbonyl (C=O) groups is 2. The van der Waals surface area contributed by atoms with Crippen LogP contribution in [0.1, 0.15) is 36.9 Å². The lowest BCUT2D eigenvalue weighted by Crippen LogP contribution is -2.45. The number of hydrogen-bond acceptors (Lipinski definition) is 6. The number of esters is 1. The lowest BCUT2D eigenvalue weighted by molar-refractivity contribution is -0.136. The molecule has 0 bridgehead atoms. The van der Waals surface area contributed by atoms with Crippen molar-refractivity contribution >= 4 is 12.0 Å². The fraction of sp³-hybridized carbons (Fsp3) is 0.333. The maximum Gasteiger partial charge on any atom is 0.337 e. The Kier molecular flexibility index (Phi) is 7.59. The van der Waals surface area contributed by atoms with Gasteiger partial charge in [-0.2, -0.15) is 0 Å². The van der Waals surface area contributed by atoms with E-state index in [1.807, 2.05) is 37.3 Å². The van der Waals surface area contributed by atoms with E-state index < -0.39 is 18.0 Å². The first-order chi connectivity index (χ1) is 15.5. The highest BCUT2D eigenvalue weighted by molar-refractivity contribution is 5.95. The number of carbonyl (C=O) groups excluding carboxylic acids is 2. The molecule has 2 aromatic carbocycles. The second-order valence-electron chi connectivity index (χ2n) is 7.19. The summed E-state index contributed by atoms with van der Waals surface area (Å²) in [6, 6.07) is 12.1. The minimum atomic E-state index is -0.733. The second-order valence-corrected chi connectivity index (χ2v) is 7.19. The van der Waals surface area contributed by atoms with Crippen LogP contribution in [0.4, 0.5) is 4.79 Å². The van der Waals surface area contributed by atoms with Crippen LogP contribution in [0, 0.1) is 0 Å².